The largest absolute Gasteiger partial charge is 0.417 e. The zero-order valence-electron chi connectivity index (χ0n) is 16.6. The number of carbonyl (C=O) groups excluding carboxylic acids is 3. The third-order valence-electron chi connectivity index (χ3n) is 5.18. The Hall–Kier alpha value is -3.53. The van der Waals surface area contributed by atoms with Crippen LogP contribution in [-0.2, 0) is 15.8 Å². The molecule has 7 nitrogen and oxygen atoms in total. The van der Waals surface area contributed by atoms with Crippen molar-refractivity contribution in [1.82, 2.24) is 14.8 Å². The molecule has 0 bridgehead atoms. The standard InChI is InChI=1S/C21H14ClF3N4O3/c1-28-18(30)13(19(31)29(2)20(28)32)8-15-11-5-3-4-6-12(11)16(27-15)17-14(22)7-10(9-26-17)21(23,24)25/h3-9,16H,1-2H3/t16-/m0/s1. The van der Waals surface area contributed by atoms with Gasteiger partial charge in [-0.3, -0.25) is 29.4 Å². The molecule has 1 atom stereocenters. The van der Waals surface area contributed by atoms with E-state index in [0.29, 0.717) is 17.3 Å². The molecule has 4 rings (SSSR count). The predicted octanol–water partition coefficient (Wildman–Crippen LogP) is 3.62. The minimum atomic E-state index is -4.60. The number of nitrogens with zero attached hydrogens (tertiary/aromatic N) is 4. The van der Waals surface area contributed by atoms with Gasteiger partial charge < -0.3 is 0 Å². The summed E-state index contributed by atoms with van der Waals surface area (Å²) in [6.07, 6.45) is -2.65. The fourth-order valence-corrected chi connectivity index (χ4v) is 3.76. The number of halogens is 4. The van der Waals surface area contributed by atoms with E-state index in [-0.39, 0.29) is 22.0 Å². The smallest absolute Gasteiger partial charge is 0.270 e. The number of likely N-dealkylation sites (N-methyl/N-ethyl adjacent to an activating group) is 2. The fraction of sp³-hybridized carbons (Fsp3) is 0.190. The number of urea groups is 1. The molecule has 2 aliphatic rings. The molecule has 1 saturated heterocycles. The number of aliphatic imine (C=N–C) groups is 1. The van der Waals surface area contributed by atoms with Crippen LogP contribution in [0.3, 0.4) is 0 Å². The summed E-state index contributed by atoms with van der Waals surface area (Å²) < 4.78 is 38.9. The summed E-state index contributed by atoms with van der Waals surface area (Å²) in [5, 5.41) is -0.216. The summed E-state index contributed by atoms with van der Waals surface area (Å²) in [5.41, 5.74) is 0.253. The molecule has 4 amide bonds. The predicted molar refractivity (Wildman–Crippen MR) is 108 cm³/mol. The lowest BCUT2D eigenvalue weighted by atomic mass is 9.98. The van der Waals surface area contributed by atoms with Crippen molar-refractivity contribution in [3.8, 4) is 0 Å². The van der Waals surface area contributed by atoms with Crippen LogP contribution in [0, 0.1) is 0 Å². The number of hydrogen-bond acceptors (Lipinski definition) is 5. The second kappa shape index (κ2) is 7.56. The zero-order valence-corrected chi connectivity index (χ0v) is 17.4. The number of aromatic nitrogens is 1. The first-order valence-electron chi connectivity index (χ1n) is 9.22. The summed E-state index contributed by atoms with van der Waals surface area (Å²) >= 11 is 6.12. The molecule has 1 fully saturated rings. The van der Waals surface area contributed by atoms with Gasteiger partial charge in [-0.05, 0) is 17.7 Å². The van der Waals surface area contributed by atoms with Crippen LogP contribution in [0.2, 0.25) is 5.02 Å². The molecule has 0 saturated carbocycles. The molecule has 0 aliphatic carbocycles. The quantitative estimate of drug-likeness (QED) is 0.504. The first-order valence-corrected chi connectivity index (χ1v) is 9.60. The number of benzene rings is 1. The van der Waals surface area contributed by atoms with Gasteiger partial charge in [0.05, 0.1) is 22.0 Å². The Balaban J connectivity index is 1.81. The van der Waals surface area contributed by atoms with Gasteiger partial charge in [-0.1, -0.05) is 35.9 Å². The minimum absolute atomic E-state index is 0.103. The maximum absolute atomic E-state index is 13.0. The van der Waals surface area contributed by atoms with Gasteiger partial charge in [0.25, 0.3) is 11.8 Å². The molecular weight excluding hydrogens is 449 g/mol. The van der Waals surface area contributed by atoms with E-state index in [9.17, 15) is 27.6 Å². The van der Waals surface area contributed by atoms with Crippen molar-refractivity contribution in [2.45, 2.75) is 12.2 Å². The van der Waals surface area contributed by atoms with Gasteiger partial charge in [0.1, 0.15) is 11.6 Å². The molecule has 164 valence electrons. The number of carbonyl (C=O) groups is 3. The van der Waals surface area contributed by atoms with E-state index in [2.05, 4.69) is 9.98 Å². The van der Waals surface area contributed by atoms with Crippen molar-refractivity contribution >= 4 is 35.2 Å². The number of barbiturate groups is 1. The molecular formula is C21H14ClF3N4O3. The second-order valence-corrected chi connectivity index (χ2v) is 7.57. The highest BCUT2D eigenvalue weighted by Crippen LogP contribution is 2.39. The van der Waals surface area contributed by atoms with E-state index < -0.39 is 35.6 Å². The lowest BCUT2D eigenvalue weighted by molar-refractivity contribution is -0.138. The average molecular weight is 463 g/mol. The van der Waals surface area contributed by atoms with Gasteiger partial charge in [-0.25, -0.2) is 4.79 Å². The Labute approximate surface area is 184 Å². The first-order chi connectivity index (χ1) is 15.0. The third-order valence-corrected chi connectivity index (χ3v) is 5.48. The van der Waals surface area contributed by atoms with Crippen LogP contribution in [0.25, 0.3) is 0 Å². The third kappa shape index (κ3) is 3.46. The van der Waals surface area contributed by atoms with Crippen LogP contribution in [0.4, 0.5) is 18.0 Å². The van der Waals surface area contributed by atoms with Crippen LogP contribution < -0.4 is 0 Å². The Kier molecular flexibility index (Phi) is 5.12. The number of fused-ring (bicyclic) bond motifs is 1. The highest BCUT2D eigenvalue weighted by Gasteiger charge is 2.39. The van der Waals surface area contributed by atoms with Crippen molar-refractivity contribution in [1.29, 1.82) is 0 Å². The number of hydrogen-bond donors (Lipinski definition) is 0. The molecule has 11 heteroatoms. The van der Waals surface area contributed by atoms with Crippen molar-refractivity contribution in [3.63, 3.8) is 0 Å². The van der Waals surface area contributed by atoms with Gasteiger partial charge >= 0.3 is 12.2 Å². The summed E-state index contributed by atoms with van der Waals surface area (Å²) in [4.78, 5) is 47.0. The average Bonchev–Trinajstić information content (AvgIpc) is 3.11. The van der Waals surface area contributed by atoms with Crippen molar-refractivity contribution < 1.29 is 27.6 Å². The summed E-state index contributed by atoms with van der Waals surface area (Å²) in [6.45, 7) is 0. The maximum atomic E-state index is 13.0. The van der Waals surface area contributed by atoms with E-state index in [1.165, 1.54) is 20.2 Å². The number of pyridine rings is 1. The normalized spacial score (nSPS) is 18.8. The minimum Gasteiger partial charge on any atom is -0.270 e. The first kappa shape index (κ1) is 21.7. The van der Waals surface area contributed by atoms with E-state index >= 15 is 0 Å². The Morgan fingerprint density at radius 3 is 2.28 bits per heavy atom. The van der Waals surface area contributed by atoms with Gasteiger partial charge in [-0.2, -0.15) is 13.2 Å². The molecule has 0 unspecified atom stereocenters. The van der Waals surface area contributed by atoms with Gasteiger partial charge in [0.2, 0.25) is 0 Å². The molecule has 2 aliphatic heterocycles. The fourth-order valence-electron chi connectivity index (χ4n) is 3.49. The van der Waals surface area contributed by atoms with Crippen molar-refractivity contribution in [3.05, 3.63) is 75.6 Å². The zero-order chi connectivity index (χ0) is 23.4. The highest BCUT2D eigenvalue weighted by atomic mass is 35.5. The Bertz CT molecular complexity index is 1210. The molecule has 1 aromatic heterocycles. The van der Waals surface area contributed by atoms with Crippen LogP contribution >= 0.6 is 11.6 Å². The lowest BCUT2D eigenvalue weighted by Gasteiger charge is -2.28. The maximum Gasteiger partial charge on any atom is 0.417 e. The molecule has 2 aromatic rings. The van der Waals surface area contributed by atoms with Crippen molar-refractivity contribution in [2.24, 2.45) is 4.99 Å². The molecule has 32 heavy (non-hydrogen) atoms. The van der Waals surface area contributed by atoms with Gasteiger partial charge in [-0.15, -0.1) is 0 Å². The number of imide groups is 2. The Morgan fingerprint density at radius 2 is 1.69 bits per heavy atom. The molecule has 1 aromatic carbocycles. The SMILES string of the molecule is CN1C(=O)C(=CC2=N[C@H](c3ncc(C(F)(F)F)cc3Cl)c3ccccc32)C(=O)N(C)C1=O. The van der Waals surface area contributed by atoms with Crippen LogP contribution in [0.5, 0.6) is 0 Å². The van der Waals surface area contributed by atoms with Gasteiger partial charge in [0, 0.05) is 25.9 Å². The monoisotopic (exact) mass is 462 g/mol. The van der Waals surface area contributed by atoms with Crippen LogP contribution in [0.1, 0.15) is 28.4 Å². The molecule has 0 spiro atoms. The molecule has 0 N–H and O–H groups in total. The van der Waals surface area contributed by atoms with Crippen molar-refractivity contribution in [2.75, 3.05) is 14.1 Å². The van der Waals surface area contributed by atoms with E-state index in [0.717, 1.165) is 15.9 Å². The number of amides is 4. The Morgan fingerprint density at radius 1 is 1.06 bits per heavy atom. The van der Waals surface area contributed by atoms with Crippen LogP contribution in [0.15, 0.2) is 53.2 Å². The second-order valence-electron chi connectivity index (χ2n) is 7.16. The summed E-state index contributed by atoms with van der Waals surface area (Å²) in [6, 6.07) is 6.01. The van der Waals surface area contributed by atoms with E-state index in [4.69, 9.17) is 11.6 Å². The summed E-state index contributed by atoms with van der Waals surface area (Å²) in [5.74, 6) is -1.57. The highest BCUT2D eigenvalue weighted by molar-refractivity contribution is 6.32. The van der Waals surface area contributed by atoms with E-state index in [1.54, 1.807) is 24.3 Å². The number of alkyl halides is 3. The summed E-state index contributed by atoms with van der Waals surface area (Å²) in [7, 11) is 2.50. The lowest BCUT2D eigenvalue weighted by Crippen LogP contribution is -2.53. The van der Waals surface area contributed by atoms with E-state index in [1.807, 2.05) is 0 Å². The number of rotatable bonds is 2. The van der Waals surface area contributed by atoms with Gasteiger partial charge in [0.15, 0.2) is 0 Å². The molecule has 3 heterocycles. The number of allylic oxidation sites excluding steroid dienone is 1. The molecule has 0 radical (unpaired) electrons. The topological polar surface area (TPSA) is 82.9 Å². The van der Waals surface area contributed by atoms with Crippen LogP contribution in [-0.4, -0.2) is 52.4 Å².